The lowest BCUT2D eigenvalue weighted by atomic mass is 10.0. The van der Waals surface area contributed by atoms with Crippen LogP contribution in [0.25, 0.3) is 22.2 Å². The van der Waals surface area contributed by atoms with Crippen molar-refractivity contribution in [2.24, 2.45) is 0 Å². The molecule has 0 bridgehead atoms. The van der Waals surface area contributed by atoms with Gasteiger partial charge < -0.3 is 11.5 Å². The molecular weight excluding hydrogens is 291 g/mol. The first-order valence-electron chi connectivity index (χ1n) is 6.48. The Balaban J connectivity index is 2.17. The maximum absolute atomic E-state index is 12.8. The molecule has 0 atom stereocenters. The number of aromatic nitrogens is 1. The summed E-state index contributed by atoms with van der Waals surface area (Å²) in [6, 6.07) is 11.6. The largest absolute Gasteiger partial charge is 0.416 e. The topological polar surface area (TPSA) is 64.9 Å². The first kappa shape index (κ1) is 14.2. The van der Waals surface area contributed by atoms with Crippen molar-refractivity contribution in [2.75, 3.05) is 11.5 Å². The van der Waals surface area contributed by atoms with Gasteiger partial charge in [0.1, 0.15) is 0 Å². The Labute approximate surface area is 124 Å². The number of halogens is 3. The van der Waals surface area contributed by atoms with E-state index in [-0.39, 0.29) is 0 Å². The molecule has 2 aromatic carbocycles. The standard InChI is InChI=1S/C16H12F3N3/c17-16(18,19)10-3-1-2-9(6-10)15-8-13(21)12-7-11(20)4-5-14(12)22-15/h1-8H,20H2,(H2,21,22). The highest BCUT2D eigenvalue weighted by molar-refractivity contribution is 5.94. The van der Waals surface area contributed by atoms with Crippen molar-refractivity contribution in [3.8, 4) is 11.3 Å². The molecule has 0 aliphatic carbocycles. The van der Waals surface area contributed by atoms with Crippen LogP contribution in [0.15, 0.2) is 48.5 Å². The number of nitrogens with zero attached hydrogens (tertiary/aromatic N) is 1. The maximum atomic E-state index is 12.8. The average molecular weight is 303 g/mol. The van der Waals surface area contributed by atoms with Crippen LogP contribution in [0.4, 0.5) is 24.5 Å². The minimum Gasteiger partial charge on any atom is -0.399 e. The van der Waals surface area contributed by atoms with E-state index >= 15 is 0 Å². The average Bonchev–Trinajstić information content (AvgIpc) is 2.47. The molecule has 0 aliphatic heterocycles. The van der Waals surface area contributed by atoms with E-state index in [0.29, 0.717) is 33.5 Å². The predicted molar refractivity (Wildman–Crippen MR) is 81.0 cm³/mol. The van der Waals surface area contributed by atoms with E-state index in [2.05, 4.69) is 4.98 Å². The number of benzene rings is 2. The summed E-state index contributed by atoms with van der Waals surface area (Å²) in [4.78, 5) is 4.37. The molecule has 3 nitrogen and oxygen atoms in total. The van der Waals surface area contributed by atoms with Crippen LogP contribution in [0.5, 0.6) is 0 Å². The Hall–Kier alpha value is -2.76. The third-order valence-electron chi connectivity index (χ3n) is 3.35. The van der Waals surface area contributed by atoms with Gasteiger partial charge in [-0.3, -0.25) is 0 Å². The van der Waals surface area contributed by atoms with E-state index in [1.165, 1.54) is 6.07 Å². The summed E-state index contributed by atoms with van der Waals surface area (Å²) in [5, 5.41) is 0.677. The van der Waals surface area contributed by atoms with Gasteiger partial charge in [-0.25, -0.2) is 4.98 Å². The Morgan fingerprint density at radius 2 is 1.68 bits per heavy atom. The van der Waals surface area contributed by atoms with Gasteiger partial charge in [-0.2, -0.15) is 13.2 Å². The summed E-state index contributed by atoms with van der Waals surface area (Å²) in [6.07, 6.45) is -4.40. The van der Waals surface area contributed by atoms with Crippen molar-refractivity contribution < 1.29 is 13.2 Å². The molecular formula is C16H12F3N3. The SMILES string of the molecule is Nc1ccc2nc(-c3cccc(C(F)(F)F)c3)cc(N)c2c1. The molecule has 4 N–H and O–H groups in total. The van der Waals surface area contributed by atoms with E-state index in [9.17, 15) is 13.2 Å². The van der Waals surface area contributed by atoms with Gasteiger partial charge in [0, 0.05) is 22.3 Å². The fourth-order valence-electron chi connectivity index (χ4n) is 2.27. The Kier molecular flexibility index (Phi) is 3.16. The molecule has 6 heteroatoms. The maximum Gasteiger partial charge on any atom is 0.416 e. The number of fused-ring (bicyclic) bond motifs is 1. The van der Waals surface area contributed by atoms with Crippen LogP contribution in [0, 0.1) is 0 Å². The Morgan fingerprint density at radius 1 is 0.909 bits per heavy atom. The molecule has 0 spiro atoms. The lowest BCUT2D eigenvalue weighted by Crippen LogP contribution is -2.04. The van der Waals surface area contributed by atoms with Crippen LogP contribution >= 0.6 is 0 Å². The normalized spacial score (nSPS) is 11.8. The van der Waals surface area contributed by atoms with Crippen molar-refractivity contribution in [3.05, 3.63) is 54.1 Å². The summed E-state index contributed by atoms with van der Waals surface area (Å²) in [5.41, 5.74) is 13.3. The molecule has 22 heavy (non-hydrogen) atoms. The zero-order valence-electron chi connectivity index (χ0n) is 11.4. The first-order valence-corrected chi connectivity index (χ1v) is 6.48. The number of nitrogen functional groups attached to an aromatic ring is 2. The van der Waals surface area contributed by atoms with Crippen LogP contribution in [0.2, 0.25) is 0 Å². The van der Waals surface area contributed by atoms with E-state index in [0.717, 1.165) is 12.1 Å². The molecule has 0 saturated heterocycles. The summed E-state index contributed by atoms with van der Waals surface area (Å²) >= 11 is 0. The molecule has 3 aromatic rings. The third kappa shape index (κ3) is 2.55. The van der Waals surface area contributed by atoms with Gasteiger partial charge in [-0.05, 0) is 36.4 Å². The second kappa shape index (κ2) is 4.91. The molecule has 0 unspecified atom stereocenters. The van der Waals surface area contributed by atoms with Crippen LogP contribution in [-0.2, 0) is 6.18 Å². The minimum absolute atomic E-state index is 0.361. The molecule has 0 amide bonds. The highest BCUT2D eigenvalue weighted by atomic mass is 19.4. The van der Waals surface area contributed by atoms with Crippen molar-refractivity contribution >= 4 is 22.3 Å². The lowest BCUT2D eigenvalue weighted by molar-refractivity contribution is -0.137. The van der Waals surface area contributed by atoms with Gasteiger partial charge in [-0.15, -0.1) is 0 Å². The van der Waals surface area contributed by atoms with Crippen LogP contribution < -0.4 is 11.5 Å². The predicted octanol–water partition coefficient (Wildman–Crippen LogP) is 4.09. The third-order valence-corrected chi connectivity index (χ3v) is 3.35. The summed E-state index contributed by atoms with van der Waals surface area (Å²) in [7, 11) is 0. The fourth-order valence-corrected chi connectivity index (χ4v) is 2.27. The van der Waals surface area contributed by atoms with Crippen LogP contribution in [-0.4, -0.2) is 4.98 Å². The van der Waals surface area contributed by atoms with Gasteiger partial charge in [-0.1, -0.05) is 12.1 Å². The highest BCUT2D eigenvalue weighted by Crippen LogP contribution is 2.33. The first-order chi connectivity index (χ1) is 10.3. The lowest BCUT2D eigenvalue weighted by Gasteiger charge is -2.10. The van der Waals surface area contributed by atoms with Gasteiger partial charge in [0.2, 0.25) is 0 Å². The van der Waals surface area contributed by atoms with E-state index < -0.39 is 11.7 Å². The summed E-state index contributed by atoms with van der Waals surface area (Å²) in [5.74, 6) is 0. The molecule has 0 fully saturated rings. The zero-order valence-corrected chi connectivity index (χ0v) is 11.4. The van der Waals surface area contributed by atoms with E-state index in [4.69, 9.17) is 11.5 Å². The number of nitrogens with two attached hydrogens (primary N) is 2. The van der Waals surface area contributed by atoms with Crippen LogP contribution in [0.3, 0.4) is 0 Å². The molecule has 112 valence electrons. The van der Waals surface area contributed by atoms with Gasteiger partial charge >= 0.3 is 6.18 Å². The van der Waals surface area contributed by atoms with E-state index in [1.54, 1.807) is 30.3 Å². The molecule has 3 rings (SSSR count). The number of rotatable bonds is 1. The number of pyridine rings is 1. The highest BCUT2D eigenvalue weighted by Gasteiger charge is 2.30. The number of alkyl halides is 3. The Bertz CT molecular complexity index is 857. The molecule has 0 aliphatic rings. The summed E-state index contributed by atoms with van der Waals surface area (Å²) in [6.45, 7) is 0. The monoisotopic (exact) mass is 303 g/mol. The van der Waals surface area contributed by atoms with Crippen molar-refractivity contribution in [3.63, 3.8) is 0 Å². The van der Waals surface area contributed by atoms with Crippen molar-refractivity contribution in [2.45, 2.75) is 6.18 Å². The smallest absolute Gasteiger partial charge is 0.399 e. The van der Waals surface area contributed by atoms with Gasteiger partial charge in [0.05, 0.1) is 16.8 Å². The quantitative estimate of drug-likeness (QED) is 0.666. The fraction of sp³-hybridized carbons (Fsp3) is 0.0625. The number of anilines is 2. The molecule has 0 radical (unpaired) electrons. The molecule has 0 saturated carbocycles. The van der Waals surface area contributed by atoms with Crippen LogP contribution in [0.1, 0.15) is 5.56 Å². The zero-order chi connectivity index (χ0) is 15.9. The molecule has 1 heterocycles. The minimum atomic E-state index is -4.40. The number of hydrogen-bond acceptors (Lipinski definition) is 3. The summed E-state index contributed by atoms with van der Waals surface area (Å²) < 4.78 is 38.4. The molecule has 1 aromatic heterocycles. The van der Waals surface area contributed by atoms with Crippen molar-refractivity contribution in [1.29, 1.82) is 0 Å². The Morgan fingerprint density at radius 3 is 2.41 bits per heavy atom. The van der Waals surface area contributed by atoms with Crippen molar-refractivity contribution in [1.82, 2.24) is 4.98 Å². The van der Waals surface area contributed by atoms with Gasteiger partial charge in [0.25, 0.3) is 0 Å². The second-order valence-corrected chi connectivity index (χ2v) is 4.95. The van der Waals surface area contributed by atoms with Gasteiger partial charge in [0.15, 0.2) is 0 Å². The van der Waals surface area contributed by atoms with E-state index in [1.807, 2.05) is 0 Å². The number of hydrogen-bond donors (Lipinski definition) is 2. The second-order valence-electron chi connectivity index (χ2n) is 4.95.